The molecule has 2 amide bonds. The van der Waals surface area contributed by atoms with Crippen LogP contribution in [-0.2, 0) is 20.9 Å². The Morgan fingerprint density at radius 2 is 1.97 bits per heavy atom. The molecule has 2 rings (SSSR count). The fourth-order valence-corrected chi connectivity index (χ4v) is 3.28. The molecule has 1 saturated heterocycles. The van der Waals surface area contributed by atoms with Crippen LogP contribution in [0.2, 0.25) is 0 Å². The molecule has 1 fully saturated rings. The number of carbonyl (C=O) groups excluding carboxylic acids is 2. The number of amides is 2. The molecule has 0 aromatic carbocycles. The van der Waals surface area contributed by atoms with E-state index in [0.717, 1.165) is 5.69 Å². The van der Waals surface area contributed by atoms with Gasteiger partial charge in [0, 0.05) is 32.4 Å². The molecule has 29 heavy (non-hydrogen) atoms. The topological polar surface area (TPSA) is 115 Å². The SMILES string of the molecule is CN[C@@H](C)C(=O)N[C@H](C(=O)N1CCN(Cc2ccccn2)C[C@H]1C(=O)O)C(C)C. The van der Waals surface area contributed by atoms with Crippen LogP contribution in [0.25, 0.3) is 0 Å². The Kier molecular flexibility index (Phi) is 8.10. The first-order chi connectivity index (χ1) is 13.7. The number of likely N-dealkylation sites (N-methyl/N-ethyl adjacent to an activating group) is 1. The van der Waals surface area contributed by atoms with Gasteiger partial charge in [0.25, 0.3) is 0 Å². The zero-order valence-corrected chi connectivity index (χ0v) is 17.5. The van der Waals surface area contributed by atoms with Crippen molar-refractivity contribution in [3.8, 4) is 0 Å². The lowest BCUT2D eigenvalue weighted by Gasteiger charge is -2.41. The molecule has 160 valence electrons. The maximum absolute atomic E-state index is 13.2. The Balaban J connectivity index is 2.11. The number of hydrogen-bond acceptors (Lipinski definition) is 6. The van der Waals surface area contributed by atoms with E-state index in [1.54, 1.807) is 20.2 Å². The fourth-order valence-electron chi connectivity index (χ4n) is 3.28. The van der Waals surface area contributed by atoms with E-state index in [0.29, 0.717) is 13.1 Å². The molecule has 0 bridgehead atoms. The number of hydrogen-bond donors (Lipinski definition) is 3. The number of aliphatic carboxylic acids is 1. The predicted molar refractivity (Wildman–Crippen MR) is 108 cm³/mol. The predicted octanol–water partition coefficient (Wildman–Crippen LogP) is -0.0723. The van der Waals surface area contributed by atoms with E-state index in [2.05, 4.69) is 15.6 Å². The van der Waals surface area contributed by atoms with Crippen molar-refractivity contribution in [3.63, 3.8) is 0 Å². The lowest BCUT2D eigenvalue weighted by Crippen LogP contribution is -2.63. The number of nitrogens with zero attached hydrogens (tertiary/aromatic N) is 3. The summed E-state index contributed by atoms with van der Waals surface area (Å²) >= 11 is 0. The van der Waals surface area contributed by atoms with Gasteiger partial charge in [-0.05, 0) is 32.0 Å². The Morgan fingerprint density at radius 3 is 2.52 bits per heavy atom. The summed E-state index contributed by atoms with van der Waals surface area (Å²) in [5.74, 6) is -1.88. The normalized spacial score (nSPS) is 19.6. The highest BCUT2D eigenvalue weighted by molar-refractivity contribution is 5.92. The highest BCUT2D eigenvalue weighted by atomic mass is 16.4. The number of pyridine rings is 1. The minimum absolute atomic E-state index is 0.170. The molecule has 9 heteroatoms. The summed E-state index contributed by atoms with van der Waals surface area (Å²) in [5, 5.41) is 15.3. The highest BCUT2D eigenvalue weighted by Crippen LogP contribution is 2.17. The van der Waals surface area contributed by atoms with E-state index in [1.807, 2.05) is 36.9 Å². The maximum atomic E-state index is 13.2. The minimum Gasteiger partial charge on any atom is -0.480 e. The molecule has 0 unspecified atom stereocenters. The van der Waals surface area contributed by atoms with E-state index >= 15 is 0 Å². The van der Waals surface area contributed by atoms with Crippen LogP contribution in [0.15, 0.2) is 24.4 Å². The van der Waals surface area contributed by atoms with Gasteiger partial charge in [-0.1, -0.05) is 19.9 Å². The third-order valence-electron chi connectivity index (χ3n) is 5.20. The van der Waals surface area contributed by atoms with Crippen LogP contribution in [0.4, 0.5) is 0 Å². The van der Waals surface area contributed by atoms with Gasteiger partial charge >= 0.3 is 5.97 Å². The van der Waals surface area contributed by atoms with Crippen molar-refractivity contribution in [3.05, 3.63) is 30.1 Å². The Morgan fingerprint density at radius 1 is 1.24 bits per heavy atom. The van der Waals surface area contributed by atoms with Gasteiger partial charge in [-0.15, -0.1) is 0 Å². The van der Waals surface area contributed by atoms with Crippen LogP contribution in [0.1, 0.15) is 26.5 Å². The zero-order valence-electron chi connectivity index (χ0n) is 17.5. The Labute approximate surface area is 171 Å². The van der Waals surface area contributed by atoms with Crippen LogP contribution in [0.3, 0.4) is 0 Å². The Hall–Kier alpha value is -2.52. The van der Waals surface area contributed by atoms with E-state index in [9.17, 15) is 19.5 Å². The van der Waals surface area contributed by atoms with Gasteiger partial charge in [0.2, 0.25) is 11.8 Å². The molecule has 0 aliphatic carbocycles. The second kappa shape index (κ2) is 10.3. The fraction of sp³-hybridized carbons (Fsp3) is 0.600. The van der Waals surface area contributed by atoms with Gasteiger partial charge in [0.05, 0.1) is 11.7 Å². The summed E-state index contributed by atoms with van der Waals surface area (Å²) in [6.07, 6.45) is 1.70. The molecular weight excluding hydrogens is 374 g/mol. The first kappa shape index (κ1) is 22.8. The van der Waals surface area contributed by atoms with Gasteiger partial charge < -0.3 is 20.6 Å². The molecule has 0 spiro atoms. The van der Waals surface area contributed by atoms with Crippen molar-refractivity contribution in [2.24, 2.45) is 5.92 Å². The van der Waals surface area contributed by atoms with Crippen molar-refractivity contribution >= 4 is 17.8 Å². The third kappa shape index (κ3) is 5.98. The zero-order chi connectivity index (χ0) is 21.6. The summed E-state index contributed by atoms with van der Waals surface area (Å²) < 4.78 is 0. The quantitative estimate of drug-likeness (QED) is 0.554. The van der Waals surface area contributed by atoms with Crippen LogP contribution in [0.5, 0.6) is 0 Å². The lowest BCUT2D eigenvalue weighted by molar-refractivity contribution is -0.155. The summed E-state index contributed by atoms with van der Waals surface area (Å²) in [6.45, 7) is 6.93. The minimum atomic E-state index is -1.05. The number of carboxylic acid groups (broad SMARTS) is 1. The molecule has 1 aromatic rings. The van der Waals surface area contributed by atoms with Crippen LogP contribution >= 0.6 is 0 Å². The molecule has 3 atom stereocenters. The lowest BCUT2D eigenvalue weighted by atomic mass is 10.00. The molecule has 0 saturated carbocycles. The van der Waals surface area contributed by atoms with Gasteiger partial charge in [0.15, 0.2) is 0 Å². The van der Waals surface area contributed by atoms with Crippen molar-refractivity contribution < 1.29 is 19.5 Å². The highest BCUT2D eigenvalue weighted by Gasteiger charge is 2.39. The maximum Gasteiger partial charge on any atom is 0.327 e. The summed E-state index contributed by atoms with van der Waals surface area (Å²) in [7, 11) is 1.66. The second-order valence-electron chi connectivity index (χ2n) is 7.68. The van der Waals surface area contributed by atoms with Gasteiger partial charge in [-0.2, -0.15) is 0 Å². The summed E-state index contributed by atoms with van der Waals surface area (Å²) in [5.41, 5.74) is 0.852. The molecule has 1 aliphatic rings. The Bertz CT molecular complexity index is 712. The number of rotatable bonds is 8. The molecular formula is C20H31N5O4. The average Bonchev–Trinajstić information content (AvgIpc) is 2.71. The molecule has 9 nitrogen and oxygen atoms in total. The first-order valence-electron chi connectivity index (χ1n) is 9.87. The van der Waals surface area contributed by atoms with Crippen molar-refractivity contribution in [2.45, 2.75) is 45.4 Å². The van der Waals surface area contributed by atoms with Crippen LogP contribution in [-0.4, -0.2) is 82.5 Å². The number of aromatic nitrogens is 1. The smallest absolute Gasteiger partial charge is 0.327 e. The van der Waals surface area contributed by atoms with Crippen LogP contribution in [0, 0.1) is 5.92 Å². The number of piperazine rings is 1. The molecule has 0 radical (unpaired) electrons. The third-order valence-corrected chi connectivity index (χ3v) is 5.20. The van der Waals surface area contributed by atoms with Crippen molar-refractivity contribution in [2.75, 3.05) is 26.7 Å². The van der Waals surface area contributed by atoms with Gasteiger partial charge in [-0.25, -0.2) is 4.79 Å². The van der Waals surface area contributed by atoms with E-state index in [4.69, 9.17) is 0 Å². The molecule has 1 aromatic heterocycles. The second-order valence-corrected chi connectivity index (χ2v) is 7.68. The van der Waals surface area contributed by atoms with E-state index in [-0.39, 0.29) is 30.8 Å². The van der Waals surface area contributed by atoms with E-state index < -0.39 is 24.1 Å². The largest absolute Gasteiger partial charge is 0.480 e. The monoisotopic (exact) mass is 405 g/mol. The standard InChI is InChI=1S/C20H31N5O4/c1-13(2)17(23-18(26)14(3)21-4)19(27)25-10-9-24(12-16(25)20(28)29)11-15-7-5-6-8-22-15/h5-8,13-14,16-17,21H,9-12H2,1-4H3,(H,23,26)(H,28,29)/t14-,16-,17-/m0/s1. The summed E-state index contributed by atoms with van der Waals surface area (Å²) in [4.78, 5) is 45.0. The van der Waals surface area contributed by atoms with Crippen molar-refractivity contribution in [1.82, 2.24) is 25.4 Å². The van der Waals surface area contributed by atoms with Gasteiger partial charge in [0.1, 0.15) is 12.1 Å². The van der Waals surface area contributed by atoms with Gasteiger partial charge in [-0.3, -0.25) is 19.5 Å². The molecule has 3 N–H and O–H groups in total. The first-order valence-corrected chi connectivity index (χ1v) is 9.87. The summed E-state index contributed by atoms with van der Waals surface area (Å²) in [6, 6.07) is 3.41. The van der Waals surface area contributed by atoms with Crippen LogP contribution < -0.4 is 10.6 Å². The van der Waals surface area contributed by atoms with E-state index in [1.165, 1.54) is 4.90 Å². The number of nitrogens with one attached hydrogen (secondary N) is 2. The van der Waals surface area contributed by atoms with Crippen molar-refractivity contribution in [1.29, 1.82) is 0 Å². The molecule has 2 heterocycles. The average molecular weight is 405 g/mol. The number of carbonyl (C=O) groups is 3. The number of carboxylic acids is 1. The molecule has 1 aliphatic heterocycles.